The zero-order valence-corrected chi connectivity index (χ0v) is 14.9. The fourth-order valence-corrected chi connectivity index (χ4v) is 5.24. The summed E-state index contributed by atoms with van der Waals surface area (Å²) < 4.78 is 27.8. The van der Waals surface area contributed by atoms with Gasteiger partial charge < -0.3 is 4.90 Å². The second-order valence-electron chi connectivity index (χ2n) is 4.24. The van der Waals surface area contributed by atoms with Crippen molar-refractivity contribution in [1.82, 2.24) is 4.98 Å². The summed E-state index contributed by atoms with van der Waals surface area (Å²) in [6.45, 7) is 5.82. The van der Waals surface area contributed by atoms with Crippen molar-refractivity contribution < 1.29 is 8.42 Å². The van der Waals surface area contributed by atoms with Crippen molar-refractivity contribution in [3.63, 3.8) is 0 Å². The fraction of sp³-hybridized carbons (Fsp3) is 0.308. The summed E-state index contributed by atoms with van der Waals surface area (Å²) in [5.41, 5.74) is 0.450. The van der Waals surface area contributed by atoms with E-state index in [2.05, 4.69) is 44.4 Å². The number of rotatable bonds is 6. The molecule has 0 saturated heterocycles. The topological polar surface area (TPSA) is 62.3 Å². The molecule has 21 heavy (non-hydrogen) atoms. The van der Waals surface area contributed by atoms with E-state index in [4.69, 9.17) is 0 Å². The summed E-state index contributed by atoms with van der Waals surface area (Å²) in [6, 6.07) is 5.25. The number of nitrogens with zero attached hydrogens (tertiary/aromatic N) is 2. The monoisotopic (exact) mass is 389 g/mol. The summed E-state index contributed by atoms with van der Waals surface area (Å²) in [6.07, 6.45) is 1.53. The third kappa shape index (κ3) is 3.75. The average molecular weight is 390 g/mol. The number of halogens is 1. The van der Waals surface area contributed by atoms with Crippen LogP contribution in [0.25, 0.3) is 0 Å². The van der Waals surface area contributed by atoms with E-state index in [1.807, 2.05) is 6.07 Å². The van der Waals surface area contributed by atoms with Crippen molar-refractivity contribution in [1.29, 1.82) is 0 Å². The lowest BCUT2D eigenvalue weighted by molar-refractivity contribution is 0.603. The number of nitrogens with one attached hydrogen (secondary N) is 1. The molecule has 0 aliphatic carbocycles. The first-order chi connectivity index (χ1) is 9.97. The molecule has 2 rings (SSSR count). The third-order valence-electron chi connectivity index (χ3n) is 2.92. The molecule has 2 aromatic heterocycles. The highest BCUT2D eigenvalue weighted by Gasteiger charge is 2.19. The number of sulfonamides is 1. The van der Waals surface area contributed by atoms with Crippen molar-refractivity contribution in [2.75, 3.05) is 22.7 Å². The van der Waals surface area contributed by atoms with Gasteiger partial charge in [0.15, 0.2) is 4.21 Å². The summed E-state index contributed by atoms with van der Waals surface area (Å²) in [5, 5.41) is 1.72. The van der Waals surface area contributed by atoms with Gasteiger partial charge in [0.25, 0.3) is 10.0 Å². The minimum atomic E-state index is -3.58. The van der Waals surface area contributed by atoms with Crippen LogP contribution in [0.2, 0.25) is 0 Å². The molecule has 0 unspecified atom stereocenters. The molecule has 0 amide bonds. The van der Waals surface area contributed by atoms with E-state index in [9.17, 15) is 8.42 Å². The van der Waals surface area contributed by atoms with Gasteiger partial charge in [0, 0.05) is 17.6 Å². The van der Waals surface area contributed by atoms with Gasteiger partial charge in [0.1, 0.15) is 5.82 Å². The van der Waals surface area contributed by atoms with Crippen molar-refractivity contribution in [3.8, 4) is 0 Å². The van der Waals surface area contributed by atoms with Gasteiger partial charge in [-0.2, -0.15) is 0 Å². The molecule has 0 aromatic carbocycles. The quantitative estimate of drug-likeness (QED) is 0.820. The predicted octanol–water partition coefficient (Wildman–Crippen LogP) is 3.55. The molecule has 0 bridgehead atoms. The van der Waals surface area contributed by atoms with Crippen LogP contribution in [0.5, 0.6) is 0 Å². The maximum Gasteiger partial charge on any atom is 0.272 e. The van der Waals surface area contributed by atoms with E-state index < -0.39 is 10.0 Å². The van der Waals surface area contributed by atoms with Crippen molar-refractivity contribution in [3.05, 3.63) is 34.2 Å². The zero-order valence-electron chi connectivity index (χ0n) is 11.7. The largest absolute Gasteiger partial charge is 0.357 e. The maximum absolute atomic E-state index is 12.2. The molecule has 1 N–H and O–H groups in total. The lowest BCUT2D eigenvalue weighted by Gasteiger charge is -2.19. The fourth-order valence-electron chi connectivity index (χ4n) is 1.85. The molecular weight excluding hydrogens is 374 g/mol. The van der Waals surface area contributed by atoms with Crippen LogP contribution in [-0.2, 0) is 10.0 Å². The Balaban J connectivity index is 2.19. The first kappa shape index (κ1) is 16.3. The SMILES string of the molecule is CCN(CC)c1ccc(NS(=O)(=O)c2sccc2Br)cn1. The molecule has 2 heterocycles. The van der Waals surface area contributed by atoms with Crippen LogP contribution in [0.15, 0.2) is 38.5 Å². The van der Waals surface area contributed by atoms with E-state index in [1.54, 1.807) is 17.5 Å². The molecule has 0 saturated carbocycles. The van der Waals surface area contributed by atoms with E-state index in [1.165, 1.54) is 17.5 Å². The summed E-state index contributed by atoms with van der Waals surface area (Å²) >= 11 is 4.40. The van der Waals surface area contributed by atoms with Crippen LogP contribution in [0.4, 0.5) is 11.5 Å². The van der Waals surface area contributed by atoms with Gasteiger partial charge >= 0.3 is 0 Å². The van der Waals surface area contributed by atoms with Crippen molar-refractivity contribution >= 4 is 48.8 Å². The Morgan fingerprint density at radius 1 is 1.29 bits per heavy atom. The number of pyridine rings is 1. The molecule has 2 aromatic rings. The van der Waals surface area contributed by atoms with Crippen LogP contribution in [0.1, 0.15) is 13.8 Å². The molecule has 0 radical (unpaired) electrons. The molecule has 8 heteroatoms. The smallest absolute Gasteiger partial charge is 0.272 e. The lowest BCUT2D eigenvalue weighted by Crippen LogP contribution is -2.22. The van der Waals surface area contributed by atoms with Crippen molar-refractivity contribution in [2.45, 2.75) is 18.1 Å². The van der Waals surface area contributed by atoms with Crippen LogP contribution < -0.4 is 9.62 Å². The summed E-state index contributed by atoms with van der Waals surface area (Å²) in [5.74, 6) is 0.834. The van der Waals surface area contributed by atoms with Gasteiger partial charge in [-0.05, 0) is 53.4 Å². The number of hydrogen-bond donors (Lipinski definition) is 1. The van der Waals surface area contributed by atoms with Gasteiger partial charge in [0.05, 0.1) is 11.9 Å². The van der Waals surface area contributed by atoms with Gasteiger partial charge in [-0.1, -0.05) is 0 Å². The highest BCUT2D eigenvalue weighted by molar-refractivity contribution is 9.10. The number of hydrogen-bond acceptors (Lipinski definition) is 5. The van der Waals surface area contributed by atoms with Gasteiger partial charge in [-0.3, -0.25) is 4.72 Å². The molecule has 114 valence electrons. The Labute approximate surface area is 137 Å². The van der Waals surface area contributed by atoms with Crippen LogP contribution in [0, 0.1) is 0 Å². The minimum absolute atomic E-state index is 0.260. The average Bonchev–Trinajstić information content (AvgIpc) is 2.89. The molecule has 0 aliphatic rings. The van der Waals surface area contributed by atoms with E-state index in [0.717, 1.165) is 18.9 Å². The third-order valence-corrected chi connectivity index (χ3v) is 6.97. The minimum Gasteiger partial charge on any atom is -0.357 e. The second-order valence-corrected chi connectivity index (χ2v) is 7.89. The van der Waals surface area contributed by atoms with E-state index in [-0.39, 0.29) is 4.21 Å². The van der Waals surface area contributed by atoms with Crippen molar-refractivity contribution in [2.24, 2.45) is 0 Å². The Morgan fingerprint density at radius 2 is 2.00 bits per heavy atom. The number of aromatic nitrogens is 1. The molecular formula is C13H16BrN3O2S2. The summed E-state index contributed by atoms with van der Waals surface area (Å²) in [7, 11) is -3.58. The van der Waals surface area contributed by atoms with E-state index in [0.29, 0.717) is 10.2 Å². The Hall–Kier alpha value is -1.12. The maximum atomic E-state index is 12.2. The zero-order chi connectivity index (χ0) is 15.5. The molecule has 0 atom stereocenters. The highest BCUT2D eigenvalue weighted by atomic mass is 79.9. The first-order valence-electron chi connectivity index (χ1n) is 6.44. The first-order valence-corrected chi connectivity index (χ1v) is 9.60. The van der Waals surface area contributed by atoms with Gasteiger partial charge in [-0.15, -0.1) is 11.3 Å². The Morgan fingerprint density at radius 3 is 2.48 bits per heavy atom. The van der Waals surface area contributed by atoms with Gasteiger partial charge in [-0.25, -0.2) is 13.4 Å². The number of anilines is 2. The summed E-state index contributed by atoms with van der Waals surface area (Å²) in [4.78, 5) is 6.39. The van der Waals surface area contributed by atoms with Gasteiger partial charge in [0.2, 0.25) is 0 Å². The normalized spacial score (nSPS) is 11.4. The highest BCUT2D eigenvalue weighted by Crippen LogP contribution is 2.29. The number of thiophene rings is 1. The Kier molecular flexibility index (Phi) is 5.23. The standard InChI is InChI=1S/C13H16BrN3O2S2/c1-3-17(4-2)12-6-5-10(9-15-12)16-21(18,19)13-11(14)7-8-20-13/h5-9,16H,3-4H2,1-2H3. The molecule has 0 fully saturated rings. The van der Waals surface area contributed by atoms with Crippen LogP contribution in [0.3, 0.4) is 0 Å². The molecule has 5 nitrogen and oxygen atoms in total. The van der Waals surface area contributed by atoms with Crippen LogP contribution >= 0.6 is 27.3 Å². The van der Waals surface area contributed by atoms with E-state index >= 15 is 0 Å². The Bertz CT molecular complexity index is 694. The second kappa shape index (κ2) is 6.76. The molecule has 0 aliphatic heterocycles. The van der Waals surface area contributed by atoms with Crippen LogP contribution in [-0.4, -0.2) is 26.5 Å². The lowest BCUT2D eigenvalue weighted by atomic mass is 10.4. The molecule has 0 spiro atoms. The predicted molar refractivity (Wildman–Crippen MR) is 90.6 cm³/mol.